The summed E-state index contributed by atoms with van der Waals surface area (Å²) in [5.41, 5.74) is 3.62. The van der Waals surface area contributed by atoms with Gasteiger partial charge in [0.2, 0.25) is 0 Å². The number of hydrogen-bond acceptors (Lipinski definition) is 2. The molecule has 0 amide bonds. The van der Waals surface area contributed by atoms with Gasteiger partial charge in [0.15, 0.2) is 0 Å². The van der Waals surface area contributed by atoms with Crippen LogP contribution in [0.3, 0.4) is 0 Å². The molecule has 1 heterocycles. The van der Waals surface area contributed by atoms with Gasteiger partial charge in [-0.1, -0.05) is 18.2 Å². The lowest BCUT2D eigenvalue weighted by atomic mass is 9.78. The molecule has 0 aromatic heterocycles. The highest BCUT2D eigenvalue weighted by atomic mass is 15.2. The van der Waals surface area contributed by atoms with Crippen LogP contribution in [0.1, 0.15) is 35.4 Å². The van der Waals surface area contributed by atoms with Crippen LogP contribution in [-0.2, 0) is 6.42 Å². The van der Waals surface area contributed by atoms with E-state index in [1.807, 2.05) is 18.2 Å². The normalized spacial score (nSPS) is 26.2. The van der Waals surface area contributed by atoms with Gasteiger partial charge in [0.25, 0.3) is 0 Å². The van der Waals surface area contributed by atoms with Crippen molar-refractivity contribution in [3.05, 3.63) is 47.5 Å². The third kappa shape index (κ3) is 1.67. The number of rotatable bonds is 2. The molecule has 1 fully saturated rings. The van der Waals surface area contributed by atoms with Crippen molar-refractivity contribution in [2.45, 2.75) is 31.2 Å². The number of nitrogens with zero attached hydrogens (tertiary/aromatic N) is 2. The number of likely N-dealkylation sites (tertiary alicyclic amines) is 1. The van der Waals surface area contributed by atoms with Crippen LogP contribution >= 0.6 is 0 Å². The van der Waals surface area contributed by atoms with Gasteiger partial charge >= 0.3 is 0 Å². The van der Waals surface area contributed by atoms with Crippen LogP contribution < -0.4 is 0 Å². The second kappa shape index (κ2) is 4.59. The minimum atomic E-state index is 0.627. The smallest absolute Gasteiger partial charge is 0.0994 e. The highest BCUT2D eigenvalue weighted by Crippen LogP contribution is 2.42. The monoisotopic (exact) mass is 238 g/mol. The predicted molar refractivity (Wildman–Crippen MR) is 72.4 cm³/mol. The Labute approximate surface area is 109 Å². The summed E-state index contributed by atoms with van der Waals surface area (Å²) in [6.45, 7) is 6.01. The van der Waals surface area contributed by atoms with Gasteiger partial charge in [-0.2, -0.15) is 5.26 Å². The fourth-order valence-electron chi connectivity index (χ4n) is 3.68. The maximum Gasteiger partial charge on any atom is 0.0994 e. The quantitative estimate of drug-likeness (QED) is 0.741. The van der Waals surface area contributed by atoms with Crippen LogP contribution in [-0.4, -0.2) is 24.0 Å². The van der Waals surface area contributed by atoms with Crippen LogP contribution in [0.25, 0.3) is 0 Å². The minimum absolute atomic E-state index is 0.627. The van der Waals surface area contributed by atoms with Crippen LogP contribution in [0.2, 0.25) is 0 Å². The molecular formula is C16H18N2. The molecule has 0 radical (unpaired) electrons. The van der Waals surface area contributed by atoms with Gasteiger partial charge < -0.3 is 0 Å². The zero-order valence-corrected chi connectivity index (χ0v) is 10.6. The number of hydrogen-bond donors (Lipinski definition) is 0. The SMILES string of the molecule is C=CCN1CC[C@H]2c3cccc(C#N)c3CC[C@H]21. The van der Waals surface area contributed by atoms with Crippen molar-refractivity contribution in [1.82, 2.24) is 4.90 Å². The predicted octanol–water partition coefficient (Wildman–Crippen LogP) is 2.85. The average molecular weight is 238 g/mol. The largest absolute Gasteiger partial charge is 0.296 e. The van der Waals surface area contributed by atoms with Gasteiger partial charge in [-0.25, -0.2) is 0 Å². The number of nitriles is 1. The molecule has 2 atom stereocenters. The van der Waals surface area contributed by atoms with E-state index >= 15 is 0 Å². The van der Waals surface area contributed by atoms with Crippen molar-refractivity contribution in [3.63, 3.8) is 0 Å². The third-order valence-electron chi connectivity index (χ3n) is 4.45. The zero-order valence-electron chi connectivity index (χ0n) is 10.6. The summed E-state index contributed by atoms with van der Waals surface area (Å²) in [6.07, 6.45) is 5.46. The Bertz CT molecular complexity index is 512. The van der Waals surface area contributed by atoms with Gasteiger partial charge in [0.05, 0.1) is 11.6 Å². The van der Waals surface area contributed by atoms with E-state index in [4.69, 9.17) is 0 Å². The molecule has 2 heteroatoms. The lowest BCUT2D eigenvalue weighted by Gasteiger charge is -2.33. The van der Waals surface area contributed by atoms with Crippen molar-refractivity contribution in [2.75, 3.05) is 13.1 Å². The maximum atomic E-state index is 9.20. The van der Waals surface area contributed by atoms with E-state index in [0.717, 1.165) is 25.1 Å². The molecule has 2 aliphatic rings. The molecule has 18 heavy (non-hydrogen) atoms. The van der Waals surface area contributed by atoms with Crippen LogP contribution in [0.4, 0.5) is 0 Å². The highest BCUT2D eigenvalue weighted by Gasteiger charge is 2.38. The first kappa shape index (κ1) is 11.5. The Balaban J connectivity index is 1.96. The van der Waals surface area contributed by atoms with Crippen LogP contribution in [0, 0.1) is 11.3 Å². The lowest BCUT2D eigenvalue weighted by Crippen LogP contribution is -2.35. The molecule has 1 aromatic carbocycles. The molecule has 2 nitrogen and oxygen atoms in total. The van der Waals surface area contributed by atoms with Crippen molar-refractivity contribution in [1.29, 1.82) is 5.26 Å². The molecule has 1 aliphatic heterocycles. The Morgan fingerprint density at radius 3 is 3.11 bits per heavy atom. The molecule has 0 N–H and O–H groups in total. The molecule has 0 saturated carbocycles. The fraction of sp³-hybridized carbons (Fsp3) is 0.438. The Morgan fingerprint density at radius 2 is 2.33 bits per heavy atom. The van der Waals surface area contributed by atoms with E-state index in [1.165, 1.54) is 24.0 Å². The fourth-order valence-corrected chi connectivity index (χ4v) is 3.68. The van der Waals surface area contributed by atoms with E-state index in [1.54, 1.807) is 0 Å². The molecule has 0 unspecified atom stereocenters. The summed E-state index contributed by atoms with van der Waals surface area (Å²) in [4.78, 5) is 2.54. The summed E-state index contributed by atoms with van der Waals surface area (Å²) in [6, 6.07) is 9.22. The first-order chi connectivity index (χ1) is 8.85. The van der Waals surface area contributed by atoms with Gasteiger partial charge in [0, 0.05) is 18.5 Å². The van der Waals surface area contributed by atoms with Gasteiger partial charge in [-0.15, -0.1) is 6.58 Å². The van der Waals surface area contributed by atoms with Gasteiger partial charge in [-0.3, -0.25) is 4.90 Å². The highest BCUT2D eigenvalue weighted by molar-refractivity contribution is 5.47. The van der Waals surface area contributed by atoms with E-state index in [9.17, 15) is 5.26 Å². The first-order valence-corrected chi connectivity index (χ1v) is 6.72. The summed E-state index contributed by atoms with van der Waals surface area (Å²) >= 11 is 0. The summed E-state index contributed by atoms with van der Waals surface area (Å²) in [5.74, 6) is 0.627. The molecule has 1 aliphatic carbocycles. The molecule has 92 valence electrons. The lowest BCUT2D eigenvalue weighted by molar-refractivity contribution is 0.249. The van der Waals surface area contributed by atoms with E-state index in [-0.39, 0.29) is 0 Å². The summed E-state index contributed by atoms with van der Waals surface area (Å²) in [7, 11) is 0. The topological polar surface area (TPSA) is 27.0 Å². The molecule has 1 aromatic rings. The molecular weight excluding hydrogens is 220 g/mol. The van der Waals surface area contributed by atoms with Crippen molar-refractivity contribution >= 4 is 0 Å². The Morgan fingerprint density at radius 1 is 1.44 bits per heavy atom. The Hall–Kier alpha value is -1.59. The zero-order chi connectivity index (χ0) is 12.5. The summed E-state index contributed by atoms with van der Waals surface area (Å²) in [5, 5.41) is 9.20. The molecule has 1 saturated heterocycles. The minimum Gasteiger partial charge on any atom is -0.296 e. The standard InChI is InChI=1S/C16H18N2/c1-2-9-18-10-8-15-14-5-3-4-12(11-17)13(14)6-7-16(15)18/h2-5,15-16H,1,6-10H2/t15-,16+/m0/s1. The molecule has 0 spiro atoms. The van der Waals surface area contributed by atoms with Gasteiger partial charge in [-0.05, 0) is 43.0 Å². The van der Waals surface area contributed by atoms with E-state index in [2.05, 4.69) is 23.6 Å². The second-order valence-corrected chi connectivity index (χ2v) is 5.27. The Kier molecular flexibility index (Phi) is 2.93. The van der Waals surface area contributed by atoms with Crippen molar-refractivity contribution < 1.29 is 0 Å². The van der Waals surface area contributed by atoms with Crippen LogP contribution in [0.15, 0.2) is 30.9 Å². The van der Waals surface area contributed by atoms with Crippen LogP contribution in [0.5, 0.6) is 0 Å². The van der Waals surface area contributed by atoms with Crippen molar-refractivity contribution in [3.8, 4) is 6.07 Å². The average Bonchev–Trinajstić information content (AvgIpc) is 2.82. The van der Waals surface area contributed by atoms with Gasteiger partial charge in [0.1, 0.15) is 0 Å². The third-order valence-corrected chi connectivity index (χ3v) is 4.45. The van der Waals surface area contributed by atoms with E-state index in [0.29, 0.717) is 12.0 Å². The molecule has 0 bridgehead atoms. The second-order valence-electron chi connectivity index (χ2n) is 5.27. The molecule has 3 rings (SSSR count). The maximum absolute atomic E-state index is 9.20. The summed E-state index contributed by atoms with van der Waals surface area (Å²) < 4.78 is 0. The first-order valence-electron chi connectivity index (χ1n) is 6.72. The van der Waals surface area contributed by atoms with E-state index < -0.39 is 0 Å². The number of fused-ring (bicyclic) bond motifs is 3. The number of benzene rings is 1. The van der Waals surface area contributed by atoms with Crippen molar-refractivity contribution in [2.24, 2.45) is 0 Å².